The van der Waals surface area contributed by atoms with Gasteiger partial charge in [-0.2, -0.15) is 5.26 Å². The first kappa shape index (κ1) is 12.2. The van der Waals surface area contributed by atoms with Gasteiger partial charge in [0.2, 0.25) is 0 Å². The first-order valence-electron chi connectivity index (χ1n) is 5.09. The van der Waals surface area contributed by atoms with E-state index in [9.17, 15) is 4.79 Å². The highest BCUT2D eigenvalue weighted by Crippen LogP contribution is 2.30. The van der Waals surface area contributed by atoms with Gasteiger partial charge in [-0.05, 0) is 17.7 Å². The monoisotopic (exact) mass is 259 g/mol. The van der Waals surface area contributed by atoms with Crippen molar-refractivity contribution in [2.75, 3.05) is 0 Å². The van der Waals surface area contributed by atoms with Crippen LogP contribution in [0.5, 0.6) is 0 Å². The Labute approximate surface area is 107 Å². The molecule has 0 aliphatic heterocycles. The van der Waals surface area contributed by atoms with Crippen LogP contribution < -0.4 is 5.73 Å². The molecule has 90 valence electrons. The van der Waals surface area contributed by atoms with Crippen LogP contribution in [0.1, 0.15) is 21.1 Å². The van der Waals surface area contributed by atoms with Gasteiger partial charge in [0.15, 0.2) is 5.69 Å². The molecule has 5 nitrogen and oxygen atoms in total. The Balaban J connectivity index is 2.51. The molecule has 0 aliphatic rings. The standard InChI is InChI=1S/C12H9N3O2S/c13-5-7-1-3-8(4-2-7)11-10(12(16)17)15-9(6-14)18-11/h1-4H,6,14H2,(H,16,17). The number of carbonyl (C=O) groups is 1. The Morgan fingerprint density at radius 1 is 1.44 bits per heavy atom. The number of rotatable bonds is 3. The van der Waals surface area contributed by atoms with E-state index in [4.69, 9.17) is 16.1 Å². The van der Waals surface area contributed by atoms with Crippen LogP contribution in [0.4, 0.5) is 0 Å². The van der Waals surface area contributed by atoms with Crippen molar-refractivity contribution in [1.29, 1.82) is 5.26 Å². The lowest BCUT2D eigenvalue weighted by Crippen LogP contribution is -2.01. The summed E-state index contributed by atoms with van der Waals surface area (Å²) in [7, 11) is 0. The number of carboxylic acids is 1. The summed E-state index contributed by atoms with van der Waals surface area (Å²) >= 11 is 1.25. The minimum atomic E-state index is -1.08. The average Bonchev–Trinajstić information content (AvgIpc) is 2.83. The summed E-state index contributed by atoms with van der Waals surface area (Å²) in [5.74, 6) is -1.08. The fourth-order valence-electron chi connectivity index (χ4n) is 1.49. The topological polar surface area (TPSA) is 100 Å². The van der Waals surface area contributed by atoms with Gasteiger partial charge in [0.05, 0.1) is 16.5 Å². The van der Waals surface area contributed by atoms with E-state index in [-0.39, 0.29) is 12.2 Å². The van der Waals surface area contributed by atoms with E-state index in [1.807, 2.05) is 6.07 Å². The summed E-state index contributed by atoms with van der Waals surface area (Å²) in [6, 6.07) is 8.71. The molecule has 0 radical (unpaired) electrons. The molecule has 0 saturated heterocycles. The summed E-state index contributed by atoms with van der Waals surface area (Å²) in [5.41, 5.74) is 6.73. The third-order valence-corrected chi connectivity index (χ3v) is 3.45. The second-order valence-electron chi connectivity index (χ2n) is 3.48. The summed E-state index contributed by atoms with van der Waals surface area (Å²) in [5, 5.41) is 18.4. The summed E-state index contributed by atoms with van der Waals surface area (Å²) < 4.78 is 0. The second-order valence-corrected chi connectivity index (χ2v) is 4.57. The summed E-state index contributed by atoms with van der Waals surface area (Å²) in [4.78, 5) is 15.6. The van der Waals surface area contributed by atoms with Crippen molar-refractivity contribution < 1.29 is 9.90 Å². The van der Waals surface area contributed by atoms with E-state index in [0.29, 0.717) is 15.4 Å². The molecule has 2 rings (SSSR count). The second kappa shape index (κ2) is 4.96. The molecule has 18 heavy (non-hydrogen) atoms. The Morgan fingerprint density at radius 3 is 2.61 bits per heavy atom. The SMILES string of the molecule is N#Cc1ccc(-c2sc(CN)nc2C(=O)O)cc1. The van der Waals surface area contributed by atoms with E-state index in [1.165, 1.54) is 11.3 Å². The van der Waals surface area contributed by atoms with Gasteiger partial charge in [-0.15, -0.1) is 11.3 Å². The van der Waals surface area contributed by atoms with Gasteiger partial charge in [0.25, 0.3) is 0 Å². The van der Waals surface area contributed by atoms with Crippen LogP contribution in [0, 0.1) is 11.3 Å². The third-order valence-electron chi connectivity index (χ3n) is 2.32. The average molecular weight is 259 g/mol. The van der Waals surface area contributed by atoms with Gasteiger partial charge in [0.1, 0.15) is 5.01 Å². The molecule has 0 bridgehead atoms. The molecule has 0 spiro atoms. The molecule has 0 unspecified atom stereocenters. The normalized spacial score (nSPS) is 10.0. The number of hydrogen-bond acceptors (Lipinski definition) is 5. The number of benzene rings is 1. The van der Waals surface area contributed by atoms with E-state index in [2.05, 4.69) is 4.98 Å². The van der Waals surface area contributed by atoms with Crippen LogP contribution in [0.3, 0.4) is 0 Å². The fraction of sp³-hybridized carbons (Fsp3) is 0.0833. The Hall–Kier alpha value is -2.23. The molecule has 0 atom stereocenters. The maximum Gasteiger partial charge on any atom is 0.356 e. The van der Waals surface area contributed by atoms with Crippen LogP contribution in [-0.2, 0) is 6.54 Å². The Morgan fingerprint density at radius 2 is 2.11 bits per heavy atom. The van der Waals surface area contributed by atoms with Crippen molar-refractivity contribution in [3.05, 3.63) is 40.5 Å². The zero-order chi connectivity index (χ0) is 13.1. The lowest BCUT2D eigenvalue weighted by molar-refractivity contribution is 0.0692. The molecule has 1 heterocycles. The van der Waals surface area contributed by atoms with Crippen molar-refractivity contribution in [1.82, 2.24) is 4.98 Å². The minimum absolute atomic E-state index is 0.00478. The number of nitriles is 1. The third kappa shape index (κ3) is 2.22. The quantitative estimate of drug-likeness (QED) is 0.876. The number of carboxylic acid groups (broad SMARTS) is 1. The highest BCUT2D eigenvalue weighted by atomic mass is 32.1. The minimum Gasteiger partial charge on any atom is -0.476 e. The molecular formula is C12H9N3O2S. The highest BCUT2D eigenvalue weighted by Gasteiger charge is 2.18. The fourth-order valence-corrected chi connectivity index (χ4v) is 2.43. The van der Waals surface area contributed by atoms with Gasteiger partial charge < -0.3 is 10.8 Å². The van der Waals surface area contributed by atoms with Crippen molar-refractivity contribution in [3.63, 3.8) is 0 Å². The number of nitrogens with zero attached hydrogens (tertiary/aromatic N) is 2. The maximum absolute atomic E-state index is 11.1. The number of thiazole rings is 1. The zero-order valence-corrected chi connectivity index (χ0v) is 10.1. The molecule has 0 aliphatic carbocycles. The van der Waals surface area contributed by atoms with E-state index >= 15 is 0 Å². The van der Waals surface area contributed by atoms with Gasteiger partial charge in [-0.3, -0.25) is 0 Å². The van der Waals surface area contributed by atoms with E-state index < -0.39 is 5.97 Å². The van der Waals surface area contributed by atoms with Crippen LogP contribution in [0.25, 0.3) is 10.4 Å². The van der Waals surface area contributed by atoms with Crippen LogP contribution >= 0.6 is 11.3 Å². The number of aromatic carboxylic acids is 1. The van der Waals surface area contributed by atoms with Gasteiger partial charge in [0, 0.05) is 6.54 Å². The van der Waals surface area contributed by atoms with E-state index in [1.54, 1.807) is 24.3 Å². The Kier molecular flexibility index (Phi) is 3.37. The molecular weight excluding hydrogens is 250 g/mol. The largest absolute Gasteiger partial charge is 0.476 e. The number of nitrogens with two attached hydrogens (primary N) is 1. The molecule has 0 saturated carbocycles. The lowest BCUT2D eigenvalue weighted by atomic mass is 10.1. The first-order valence-corrected chi connectivity index (χ1v) is 5.91. The summed E-state index contributed by atoms with van der Waals surface area (Å²) in [6.07, 6.45) is 0. The molecule has 3 N–H and O–H groups in total. The van der Waals surface area contributed by atoms with Crippen molar-refractivity contribution in [2.24, 2.45) is 5.73 Å². The van der Waals surface area contributed by atoms with Crippen molar-refractivity contribution >= 4 is 17.3 Å². The maximum atomic E-state index is 11.1. The van der Waals surface area contributed by atoms with Crippen LogP contribution in [0.15, 0.2) is 24.3 Å². The van der Waals surface area contributed by atoms with Crippen LogP contribution in [-0.4, -0.2) is 16.1 Å². The van der Waals surface area contributed by atoms with Crippen molar-refractivity contribution in [2.45, 2.75) is 6.54 Å². The number of hydrogen-bond donors (Lipinski definition) is 2. The van der Waals surface area contributed by atoms with Gasteiger partial charge in [-0.1, -0.05) is 12.1 Å². The molecule has 1 aromatic carbocycles. The number of aromatic nitrogens is 1. The smallest absolute Gasteiger partial charge is 0.356 e. The van der Waals surface area contributed by atoms with Crippen molar-refractivity contribution in [3.8, 4) is 16.5 Å². The zero-order valence-electron chi connectivity index (χ0n) is 9.25. The molecule has 1 aromatic heterocycles. The first-order chi connectivity index (χ1) is 8.65. The molecule has 0 amide bonds. The molecule has 0 fully saturated rings. The molecule has 6 heteroatoms. The van der Waals surface area contributed by atoms with Crippen LogP contribution in [0.2, 0.25) is 0 Å². The Bertz CT molecular complexity index is 626. The predicted octanol–water partition coefficient (Wildman–Crippen LogP) is 1.84. The highest BCUT2D eigenvalue weighted by molar-refractivity contribution is 7.15. The van der Waals surface area contributed by atoms with Gasteiger partial charge in [-0.25, -0.2) is 9.78 Å². The summed E-state index contributed by atoms with van der Waals surface area (Å²) in [6.45, 7) is 0.210. The molecule has 2 aromatic rings. The van der Waals surface area contributed by atoms with Gasteiger partial charge >= 0.3 is 5.97 Å². The lowest BCUT2D eigenvalue weighted by Gasteiger charge is -1.98. The van der Waals surface area contributed by atoms with E-state index in [0.717, 1.165) is 5.56 Å². The predicted molar refractivity (Wildman–Crippen MR) is 67.1 cm³/mol.